The Morgan fingerprint density at radius 2 is 1.94 bits per heavy atom. The summed E-state index contributed by atoms with van der Waals surface area (Å²) in [6.07, 6.45) is 9.16. The molecule has 2 fully saturated rings. The number of aromatic nitrogens is 6. The molecule has 1 unspecified atom stereocenters. The lowest BCUT2D eigenvalue weighted by Crippen LogP contribution is -2.45. The Morgan fingerprint density at radius 3 is 2.70 bits per heavy atom. The summed E-state index contributed by atoms with van der Waals surface area (Å²) in [6.45, 7) is 11.4. The smallest absolute Gasteiger partial charge is 0.263 e. The molecular formula is C35H42N8O3S. The van der Waals surface area contributed by atoms with Gasteiger partial charge >= 0.3 is 0 Å². The van der Waals surface area contributed by atoms with Crippen LogP contribution in [0.2, 0.25) is 0 Å². The summed E-state index contributed by atoms with van der Waals surface area (Å²) in [7, 11) is -1.85. The van der Waals surface area contributed by atoms with Crippen LogP contribution in [-0.2, 0) is 34.8 Å². The highest BCUT2D eigenvalue weighted by Crippen LogP contribution is 2.42. The summed E-state index contributed by atoms with van der Waals surface area (Å²) in [5.74, 6) is 3.23. The molecule has 0 bridgehead atoms. The van der Waals surface area contributed by atoms with Crippen molar-refractivity contribution in [2.45, 2.75) is 76.6 Å². The van der Waals surface area contributed by atoms with E-state index < -0.39 is 14.8 Å². The molecule has 4 aliphatic rings. The Hall–Kier alpha value is -4.03. The Labute approximate surface area is 276 Å². The van der Waals surface area contributed by atoms with Gasteiger partial charge in [-0.25, -0.2) is 18.4 Å². The standard InChI is InChI=1S/C35H42N8O3S/c1-22-15-23(2)18-35(4,17-22)47(44,45)43-31-8-6-7-26(27(31)19-36-43)33-37-29-11-12-41(32-16-30(25-9-10-25)39-40(32)5)20-28(29)34(38-33)42-13-14-46-21-24(42)3/h6-8,15-17,19,24-25H,9-14,18,20-21H2,1-5H3/t24-,35?/m1/s1. The largest absolute Gasteiger partial charge is 0.377 e. The van der Waals surface area contributed by atoms with Crippen LogP contribution in [0.3, 0.4) is 0 Å². The van der Waals surface area contributed by atoms with Gasteiger partial charge in [0.1, 0.15) is 16.4 Å². The summed E-state index contributed by atoms with van der Waals surface area (Å²) in [5.41, 5.74) is 6.61. The van der Waals surface area contributed by atoms with E-state index in [0.29, 0.717) is 48.8 Å². The van der Waals surface area contributed by atoms with Crippen molar-refractivity contribution in [2.24, 2.45) is 7.05 Å². The molecule has 8 rings (SSSR count). The Balaban J connectivity index is 1.22. The van der Waals surface area contributed by atoms with Crippen LogP contribution in [0.15, 0.2) is 53.8 Å². The number of ether oxygens (including phenoxy) is 1. The average molecular weight is 655 g/mol. The number of hydrogen-bond acceptors (Lipinski definition) is 9. The number of nitrogens with zero attached hydrogens (tertiary/aromatic N) is 8. The van der Waals surface area contributed by atoms with Gasteiger partial charge in [-0.2, -0.15) is 14.3 Å². The second kappa shape index (κ2) is 11.0. The molecule has 4 aromatic rings. The van der Waals surface area contributed by atoms with E-state index in [4.69, 9.17) is 19.8 Å². The van der Waals surface area contributed by atoms with Gasteiger partial charge in [0.05, 0.1) is 42.4 Å². The van der Waals surface area contributed by atoms with Crippen molar-refractivity contribution >= 4 is 32.6 Å². The summed E-state index contributed by atoms with van der Waals surface area (Å²) in [6, 6.07) is 8.07. The van der Waals surface area contributed by atoms with E-state index >= 15 is 0 Å². The fourth-order valence-corrected chi connectivity index (χ4v) is 9.42. The highest BCUT2D eigenvalue weighted by Gasteiger charge is 2.42. The molecule has 0 amide bonds. The van der Waals surface area contributed by atoms with Gasteiger partial charge in [0, 0.05) is 61.6 Å². The quantitative estimate of drug-likeness (QED) is 0.280. The number of allylic oxidation sites excluding steroid dienone is 3. The van der Waals surface area contributed by atoms with E-state index in [0.717, 1.165) is 59.1 Å². The summed E-state index contributed by atoms with van der Waals surface area (Å²) < 4.78 is 36.3. The Morgan fingerprint density at radius 1 is 1.11 bits per heavy atom. The Kier molecular flexibility index (Phi) is 7.10. The number of aryl methyl sites for hydroxylation is 1. The van der Waals surface area contributed by atoms with Gasteiger partial charge < -0.3 is 14.5 Å². The average Bonchev–Trinajstić information content (AvgIpc) is 3.67. The second-order valence-corrected chi connectivity index (χ2v) is 16.2. The molecule has 3 aromatic heterocycles. The van der Waals surface area contributed by atoms with Crippen molar-refractivity contribution in [3.63, 3.8) is 0 Å². The lowest BCUT2D eigenvalue weighted by atomic mass is 9.92. The predicted octanol–water partition coefficient (Wildman–Crippen LogP) is 5.12. The molecular weight excluding hydrogens is 613 g/mol. The molecule has 2 aliphatic heterocycles. The molecule has 0 spiro atoms. The zero-order valence-corrected chi connectivity index (χ0v) is 28.6. The first kappa shape index (κ1) is 30.3. The maximum atomic E-state index is 14.2. The number of morpholine rings is 1. The second-order valence-electron chi connectivity index (χ2n) is 14.0. The van der Waals surface area contributed by atoms with Crippen molar-refractivity contribution in [1.82, 2.24) is 28.9 Å². The molecule has 0 N–H and O–H groups in total. The lowest BCUT2D eigenvalue weighted by molar-refractivity contribution is 0.0984. The molecule has 1 saturated carbocycles. The minimum Gasteiger partial charge on any atom is -0.377 e. The monoisotopic (exact) mass is 654 g/mol. The molecule has 12 heteroatoms. The van der Waals surface area contributed by atoms with Gasteiger partial charge in [-0.3, -0.25) is 4.68 Å². The van der Waals surface area contributed by atoms with Crippen molar-refractivity contribution in [3.05, 3.63) is 70.7 Å². The van der Waals surface area contributed by atoms with Crippen molar-refractivity contribution < 1.29 is 13.2 Å². The first-order chi connectivity index (χ1) is 22.5. The maximum absolute atomic E-state index is 14.2. The highest BCUT2D eigenvalue weighted by atomic mass is 32.2. The zero-order valence-electron chi connectivity index (χ0n) is 27.8. The van der Waals surface area contributed by atoms with Gasteiger partial charge in [-0.15, -0.1) is 0 Å². The number of fused-ring (bicyclic) bond motifs is 2. The van der Waals surface area contributed by atoms with Crippen LogP contribution >= 0.6 is 0 Å². The third kappa shape index (κ3) is 5.07. The van der Waals surface area contributed by atoms with Crippen LogP contribution in [0.4, 0.5) is 11.6 Å². The Bertz CT molecular complexity index is 2070. The van der Waals surface area contributed by atoms with E-state index in [2.05, 4.69) is 27.9 Å². The third-order valence-corrected chi connectivity index (χ3v) is 12.3. The lowest BCUT2D eigenvalue weighted by Gasteiger charge is -2.38. The first-order valence-corrected chi connectivity index (χ1v) is 18.1. The molecule has 246 valence electrons. The van der Waals surface area contributed by atoms with E-state index in [9.17, 15) is 8.42 Å². The zero-order chi connectivity index (χ0) is 32.7. The van der Waals surface area contributed by atoms with Gasteiger partial charge in [0.25, 0.3) is 10.0 Å². The maximum Gasteiger partial charge on any atom is 0.263 e. The topological polar surface area (TPSA) is 111 Å². The van der Waals surface area contributed by atoms with Crippen LogP contribution in [-0.4, -0.2) is 74.4 Å². The summed E-state index contributed by atoms with van der Waals surface area (Å²) in [4.78, 5) is 15.2. The van der Waals surface area contributed by atoms with E-state index in [1.807, 2.05) is 55.9 Å². The molecule has 5 heterocycles. The molecule has 2 atom stereocenters. The predicted molar refractivity (Wildman–Crippen MR) is 183 cm³/mol. The number of rotatable bonds is 6. The van der Waals surface area contributed by atoms with Crippen molar-refractivity contribution in [1.29, 1.82) is 0 Å². The first-order valence-electron chi connectivity index (χ1n) is 16.6. The van der Waals surface area contributed by atoms with Crippen LogP contribution in [0.5, 0.6) is 0 Å². The summed E-state index contributed by atoms with van der Waals surface area (Å²) >= 11 is 0. The van der Waals surface area contributed by atoms with E-state index in [-0.39, 0.29) is 6.04 Å². The van der Waals surface area contributed by atoms with Crippen LogP contribution < -0.4 is 9.80 Å². The molecule has 47 heavy (non-hydrogen) atoms. The fraction of sp³-hybridized carbons (Fsp3) is 0.486. The third-order valence-electron chi connectivity index (χ3n) is 10.1. The van der Waals surface area contributed by atoms with E-state index in [1.165, 1.54) is 22.6 Å². The van der Waals surface area contributed by atoms with Gasteiger partial charge in [-0.1, -0.05) is 35.4 Å². The SMILES string of the molecule is CC1=CC(C)(S(=O)(=O)n2ncc3c(-c4nc5c(c(N6CCOC[C@H]6C)n4)CN(c4cc(C6CC6)nn4C)CC5)cccc32)CC(C)=C1. The van der Waals surface area contributed by atoms with Crippen molar-refractivity contribution in [2.75, 3.05) is 36.1 Å². The molecule has 2 aliphatic carbocycles. The molecule has 0 radical (unpaired) electrons. The number of hydrogen-bond donors (Lipinski definition) is 0. The molecule has 1 aromatic carbocycles. The van der Waals surface area contributed by atoms with Crippen molar-refractivity contribution in [3.8, 4) is 11.4 Å². The van der Waals surface area contributed by atoms with Gasteiger partial charge in [0.2, 0.25) is 0 Å². The normalized spacial score (nSPS) is 23.6. The molecule has 1 saturated heterocycles. The number of benzene rings is 1. The highest BCUT2D eigenvalue weighted by molar-refractivity contribution is 7.91. The van der Waals surface area contributed by atoms with Crippen LogP contribution in [0, 0.1) is 0 Å². The van der Waals surface area contributed by atoms with Crippen LogP contribution in [0.1, 0.15) is 69.8 Å². The molecule has 11 nitrogen and oxygen atoms in total. The number of anilines is 2. The van der Waals surface area contributed by atoms with Crippen LogP contribution in [0.25, 0.3) is 22.3 Å². The minimum atomic E-state index is -3.88. The fourth-order valence-electron chi connectivity index (χ4n) is 7.69. The minimum absolute atomic E-state index is 0.151. The van der Waals surface area contributed by atoms with Gasteiger partial charge in [0.15, 0.2) is 5.82 Å². The summed E-state index contributed by atoms with van der Waals surface area (Å²) in [5, 5.41) is 10.0. The van der Waals surface area contributed by atoms with E-state index in [1.54, 1.807) is 13.1 Å². The van der Waals surface area contributed by atoms with Gasteiger partial charge in [-0.05, 0) is 53.0 Å².